The number of alkyl halides is 3. The molecule has 0 amide bonds. The summed E-state index contributed by atoms with van der Waals surface area (Å²) in [6, 6.07) is 8.22. The summed E-state index contributed by atoms with van der Waals surface area (Å²) in [5, 5.41) is 9.89. The molecule has 0 spiro atoms. The average molecular weight is 293 g/mol. The van der Waals surface area contributed by atoms with Gasteiger partial charge in [-0.1, -0.05) is 18.2 Å². The van der Waals surface area contributed by atoms with E-state index in [2.05, 4.69) is 4.99 Å². The molecular weight excluding hydrogens is 279 g/mol. The highest BCUT2D eigenvalue weighted by molar-refractivity contribution is 5.83. The maximum Gasteiger partial charge on any atom is 0.416 e. The van der Waals surface area contributed by atoms with E-state index in [4.69, 9.17) is 0 Å². The number of aromatic hydroxyl groups is 1. The molecule has 2 aromatic rings. The number of aliphatic imine (C=N–C) groups is 1. The van der Waals surface area contributed by atoms with E-state index in [0.717, 1.165) is 17.7 Å². The van der Waals surface area contributed by atoms with Crippen molar-refractivity contribution in [1.82, 2.24) is 0 Å². The molecule has 0 aromatic heterocycles. The minimum Gasteiger partial charge on any atom is -0.505 e. The molecule has 0 bridgehead atoms. The first-order valence-electron chi connectivity index (χ1n) is 6.29. The lowest BCUT2D eigenvalue weighted by molar-refractivity contribution is -0.137. The first kappa shape index (κ1) is 15.1. The van der Waals surface area contributed by atoms with Crippen LogP contribution in [-0.2, 0) is 6.18 Å². The van der Waals surface area contributed by atoms with Gasteiger partial charge in [0.05, 0.1) is 5.56 Å². The van der Waals surface area contributed by atoms with Gasteiger partial charge < -0.3 is 5.11 Å². The molecule has 21 heavy (non-hydrogen) atoms. The second-order valence-corrected chi connectivity index (χ2v) is 4.83. The number of phenolic OH excluding ortho intramolecular Hbond substituents is 1. The van der Waals surface area contributed by atoms with E-state index in [0.29, 0.717) is 16.8 Å². The van der Waals surface area contributed by atoms with Gasteiger partial charge in [0.2, 0.25) is 0 Å². The molecule has 0 fully saturated rings. The van der Waals surface area contributed by atoms with Crippen LogP contribution in [0.3, 0.4) is 0 Å². The summed E-state index contributed by atoms with van der Waals surface area (Å²) in [4.78, 5) is 4.13. The van der Waals surface area contributed by atoms with Gasteiger partial charge in [-0.3, -0.25) is 4.99 Å². The lowest BCUT2D eigenvalue weighted by Crippen LogP contribution is -2.04. The molecule has 110 valence electrons. The van der Waals surface area contributed by atoms with Gasteiger partial charge in [0.1, 0.15) is 11.4 Å². The van der Waals surface area contributed by atoms with E-state index in [1.54, 1.807) is 13.0 Å². The zero-order valence-corrected chi connectivity index (χ0v) is 11.6. The van der Waals surface area contributed by atoms with Gasteiger partial charge in [-0.05, 0) is 48.7 Å². The summed E-state index contributed by atoms with van der Waals surface area (Å²) < 4.78 is 37.3. The molecule has 2 aromatic carbocycles. The van der Waals surface area contributed by atoms with Crippen molar-refractivity contribution in [3.8, 4) is 5.75 Å². The predicted octanol–water partition coefficient (Wildman–Crippen LogP) is 4.78. The molecule has 0 aliphatic rings. The Kier molecular flexibility index (Phi) is 4.02. The van der Waals surface area contributed by atoms with E-state index in [9.17, 15) is 18.3 Å². The van der Waals surface area contributed by atoms with Crippen LogP contribution in [0, 0.1) is 13.8 Å². The Bertz CT molecular complexity index is 673. The Morgan fingerprint density at radius 2 is 1.67 bits per heavy atom. The molecule has 0 saturated carbocycles. The molecule has 0 aliphatic heterocycles. The fourth-order valence-electron chi connectivity index (χ4n) is 1.94. The molecule has 2 nitrogen and oxygen atoms in total. The molecule has 0 heterocycles. The van der Waals surface area contributed by atoms with Crippen molar-refractivity contribution in [2.75, 3.05) is 0 Å². The summed E-state index contributed by atoms with van der Waals surface area (Å²) in [6.45, 7) is 3.64. The second-order valence-electron chi connectivity index (χ2n) is 4.83. The maximum absolute atomic E-state index is 12.4. The molecule has 5 heteroatoms. The maximum atomic E-state index is 12.4. The number of rotatable bonds is 2. The fraction of sp³-hybridized carbons (Fsp3) is 0.188. The largest absolute Gasteiger partial charge is 0.505 e. The van der Waals surface area contributed by atoms with Crippen LogP contribution >= 0.6 is 0 Å². The minimum atomic E-state index is -4.35. The standard InChI is InChI=1S/C16H14F3NO/c1-10-7-11(2)15(21)14(8-10)20-9-12-3-5-13(6-4-12)16(17,18)19/h3-9,21H,1-2H3/b20-9-. The van der Waals surface area contributed by atoms with Crippen LogP contribution in [0.4, 0.5) is 18.9 Å². The molecule has 0 radical (unpaired) electrons. The molecule has 0 saturated heterocycles. The lowest BCUT2D eigenvalue weighted by Gasteiger charge is -2.06. The van der Waals surface area contributed by atoms with Gasteiger partial charge >= 0.3 is 6.18 Å². The summed E-state index contributed by atoms with van der Waals surface area (Å²) >= 11 is 0. The van der Waals surface area contributed by atoms with E-state index >= 15 is 0 Å². The first-order chi connectivity index (χ1) is 9.77. The van der Waals surface area contributed by atoms with Gasteiger partial charge in [-0.25, -0.2) is 0 Å². The Morgan fingerprint density at radius 1 is 1.05 bits per heavy atom. The SMILES string of the molecule is Cc1cc(C)c(O)c(/N=C\c2ccc(C(F)(F)F)cc2)c1. The Hall–Kier alpha value is -2.30. The van der Waals surface area contributed by atoms with Crippen molar-refractivity contribution in [3.63, 3.8) is 0 Å². The Balaban J connectivity index is 2.26. The van der Waals surface area contributed by atoms with E-state index < -0.39 is 11.7 Å². The van der Waals surface area contributed by atoms with Crippen LogP contribution in [0.25, 0.3) is 0 Å². The monoisotopic (exact) mass is 293 g/mol. The number of halogens is 3. The third kappa shape index (κ3) is 3.62. The normalized spacial score (nSPS) is 12.0. The van der Waals surface area contributed by atoms with Crippen LogP contribution in [0.1, 0.15) is 22.3 Å². The molecule has 1 N–H and O–H groups in total. The van der Waals surface area contributed by atoms with E-state index in [1.807, 2.05) is 13.0 Å². The van der Waals surface area contributed by atoms with Gasteiger partial charge in [0.25, 0.3) is 0 Å². The number of benzene rings is 2. The smallest absolute Gasteiger partial charge is 0.416 e. The summed E-state index contributed by atoms with van der Waals surface area (Å²) in [7, 11) is 0. The van der Waals surface area contributed by atoms with Gasteiger partial charge in [0.15, 0.2) is 0 Å². The average Bonchev–Trinajstić information content (AvgIpc) is 2.40. The summed E-state index contributed by atoms with van der Waals surface area (Å²) in [6.07, 6.45) is -2.92. The Morgan fingerprint density at radius 3 is 2.24 bits per heavy atom. The highest BCUT2D eigenvalue weighted by Gasteiger charge is 2.29. The van der Waals surface area contributed by atoms with Crippen molar-refractivity contribution in [3.05, 3.63) is 58.7 Å². The molecule has 0 atom stereocenters. The highest BCUT2D eigenvalue weighted by atomic mass is 19.4. The molecule has 2 rings (SSSR count). The number of hydrogen-bond donors (Lipinski definition) is 1. The second kappa shape index (κ2) is 5.60. The van der Waals surface area contributed by atoms with Crippen LogP contribution in [0.15, 0.2) is 41.4 Å². The van der Waals surface area contributed by atoms with Crippen molar-refractivity contribution in [2.45, 2.75) is 20.0 Å². The van der Waals surface area contributed by atoms with Crippen molar-refractivity contribution in [1.29, 1.82) is 0 Å². The minimum absolute atomic E-state index is 0.0729. The van der Waals surface area contributed by atoms with E-state index in [1.165, 1.54) is 18.3 Å². The van der Waals surface area contributed by atoms with Crippen molar-refractivity contribution >= 4 is 11.9 Å². The number of hydrogen-bond acceptors (Lipinski definition) is 2. The molecule has 0 unspecified atom stereocenters. The van der Waals surface area contributed by atoms with Crippen LogP contribution < -0.4 is 0 Å². The topological polar surface area (TPSA) is 32.6 Å². The van der Waals surface area contributed by atoms with Gasteiger partial charge in [-0.2, -0.15) is 13.2 Å². The first-order valence-corrected chi connectivity index (χ1v) is 6.29. The summed E-state index contributed by atoms with van der Waals surface area (Å²) in [5.41, 5.74) is 1.88. The third-order valence-electron chi connectivity index (χ3n) is 3.02. The van der Waals surface area contributed by atoms with Gasteiger partial charge in [0, 0.05) is 6.21 Å². The number of aryl methyl sites for hydroxylation is 2. The fourth-order valence-corrected chi connectivity index (χ4v) is 1.94. The van der Waals surface area contributed by atoms with Gasteiger partial charge in [-0.15, -0.1) is 0 Å². The van der Waals surface area contributed by atoms with Crippen LogP contribution in [-0.4, -0.2) is 11.3 Å². The number of phenols is 1. The van der Waals surface area contributed by atoms with Crippen LogP contribution in [0.2, 0.25) is 0 Å². The van der Waals surface area contributed by atoms with Crippen molar-refractivity contribution in [2.24, 2.45) is 4.99 Å². The highest BCUT2D eigenvalue weighted by Crippen LogP contribution is 2.31. The zero-order valence-electron chi connectivity index (χ0n) is 11.6. The van der Waals surface area contributed by atoms with Crippen molar-refractivity contribution < 1.29 is 18.3 Å². The number of nitrogens with zero attached hydrogens (tertiary/aromatic N) is 1. The molecule has 0 aliphatic carbocycles. The quantitative estimate of drug-likeness (QED) is 0.794. The van der Waals surface area contributed by atoms with E-state index in [-0.39, 0.29) is 5.75 Å². The Labute approximate surface area is 120 Å². The zero-order chi connectivity index (χ0) is 15.6. The van der Waals surface area contributed by atoms with Crippen LogP contribution in [0.5, 0.6) is 5.75 Å². The predicted molar refractivity (Wildman–Crippen MR) is 76.3 cm³/mol. The molecular formula is C16H14F3NO. The third-order valence-corrected chi connectivity index (χ3v) is 3.02. The lowest BCUT2D eigenvalue weighted by atomic mass is 10.1. The summed E-state index contributed by atoms with van der Waals surface area (Å²) in [5.74, 6) is 0.0729.